The van der Waals surface area contributed by atoms with Crippen LogP contribution in [-0.2, 0) is 17.4 Å². The Hall–Kier alpha value is -2.91. The first-order chi connectivity index (χ1) is 15.3. The fourth-order valence-corrected chi connectivity index (χ4v) is 4.51. The van der Waals surface area contributed by atoms with Crippen molar-refractivity contribution in [1.82, 2.24) is 9.88 Å². The van der Waals surface area contributed by atoms with E-state index in [2.05, 4.69) is 4.98 Å². The fraction of sp³-hybridized carbons (Fsp3) is 0.174. The molecule has 1 aromatic carbocycles. The Labute approximate surface area is 192 Å². The minimum atomic E-state index is -4.39. The summed E-state index contributed by atoms with van der Waals surface area (Å²) in [4.78, 5) is 18.9. The number of carbonyl (C=O) groups is 1. The lowest BCUT2D eigenvalue weighted by atomic mass is 10.1. The summed E-state index contributed by atoms with van der Waals surface area (Å²) in [5.74, 6) is 0.659. The van der Waals surface area contributed by atoms with Crippen molar-refractivity contribution in [3.8, 4) is 11.3 Å². The number of thioether (sulfide) groups is 1. The molecule has 0 aliphatic carbocycles. The Kier molecular flexibility index (Phi) is 6.48. The molecule has 1 amide bonds. The van der Waals surface area contributed by atoms with Gasteiger partial charge >= 0.3 is 6.18 Å². The third-order valence-corrected chi connectivity index (χ3v) is 6.22. The van der Waals surface area contributed by atoms with Crippen molar-refractivity contribution in [1.29, 1.82) is 0 Å². The van der Waals surface area contributed by atoms with Gasteiger partial charge in [0.2, 0.25) is 0 Å². The van der Waals surface area contributed by atoms with Crippen molar-refractivity contribution in [2.45, 2.75) is 19.0 Å². The second-order valence-electron chi connectivity index (χ2n) is 7.08. The second-order valence-corrected chi connectivity index (χ2v) is 8.75. The molecule has 1 aliphatic rings. The van der Waals surface area contributed by atoms with E-state index >= 15 is 0 Å². The molecule has 0 atom stereocenters. The summed E-state index contributed by atoms with van der Waals surface area (Å²) in [5.41, 5.74) is 0.890. The highest BCUT2D eigenvalue weighted by atomic mass is 32.2. The molecular formula is C23H17F3N2O2S2. The van der Waals surface area contributed by atoms with E-state index in [-0.39, 0.29) is 5.91 Å². The van der Waals surface area contributed by atoms with Crippen molar-refractivity contribution in [3.63, 3.8) is 0 Å². The molecule has 164 valence electrons. The first-order valence-electron chi connectivity index (χ1n) is 9.73. The van der Waals surface area contributed by atoms with Crippen LogP contribution in [0.4, 0.5) is 13.2 Å². The number of nitrogens with zero attached hydrogens (tertiary/aromatic N) is 2. The van der Waals surface area contributed by atoms with Gasteiger partial charge in [0.1, 0.15) is 15.8 Å². The summed E-state index contributed by atoms with van der Waals surface area (Å²) >= 11 is 6.56. The van der Waals surface area contributed by atoms with Crippen LogP contribution in [0.25, 0.3) is 17.4 Å². The number of aromatic nitrogens is 1. The number of rotatable bonds is 6. The largest absolute Gasteiger partial charge is 0.457 e. The molecule has 0 saturated carbocycles. The van der Waals surface area contributed by atoms with E-state index in [0.717, 1.165) is 30.5 Å². The van der Waals surface area contributed by atoms with E-state index in [1.54, 1.807) is 35.5 Å². The molecule has 1 aliphatic heterocycles. The third-order valence-electron chi connectivity index (χ3n) is 4.84. The minimum absolute atomic E-state index is 0.182. The lowest BCUT2D eigenvalue weighted by Gasteiger charge is -2.13. The third kappa shape index (κ3) is 5.11. The van der Waals surface area contributed by atoms with Crippen LogP contribution in [-0.4, -0.2) is 26.7 Å². The predicted octanol–water partition coefficient (Wildman–Crippen LogP) is 6.19. The maximum absolute atomic E-state index is 12.8. The number of halogens is 3. The molecule has 0 unspecified atom stereocenters. The van der Waals surface area contributed by atoms with Crippen LogP contribution in [0.3, 0.4) is 0 Å². The maximum Gasteiger partial charge on any atom is 0.416 e. The van der Waals surface area contributed by atoms with Crippen LogP contribution < -0.4 is 0 Å². The first-order valence-corrected chi connectivity index (χ1v) is 11.0. The number of furan rings is 1. The quantitative estimate of drug-likeness (QED) is 0.315. The normalized spacial score (nSPS) is 15.7. The van der Waals surface area contributed by atoms with Gasteiger partial charge in [-0.05, 0) is 48.7 Å². The SMILES string of the molecule is O=C1/C(=C/c2ccc(-c3ccc(C(F)(F)F)cc3)o2)SC(=S)N1CCCc1cccnc1. The van der Waals surface area contributed by atoms with E-state index < -0.39 is 11.7 Å². The van der Waals surface area contributed by atoms with E-state index in [9.17, 15) is 18.0 Å². The van der Waals surface area contributed by atoms with E-state index in [1.807, 2.05) is 12.1 Å². The Morgan fingerprint density at radius 2 is 1.91 bits per heavy atom. The van der Waals surface area contributed by atoms with Gasteiger partial charge in [-0.3, -0.25) is 14.7 Å². The Bertz CT molecular complexity index is 1160. The zero-order valence-corrected chi connectivity index (χ0v) is 18.3. The number of alkyl halides is 3. The average Bonchev–Trinajstić information content (AvgIpc) is 3.34. The number of amides is 1. The van der Waals surface area contributed by atoms with Gasteiger partial charge in [-0.1, -0.05) is 42.2 Å². The molecule has 0 radical (unpaired) electrons. The van der Waals surface area contributed by atoms with Crippen molar-refractivity contribution < 1.29 is 22.4 Å². The van der Waals surface area contributed by atoms with Crippen LogP contribution in [0.1, 0.15) is 23.3 Å². The highest BCUT2D eigenvalue weighted by molar-refractivity contribution is 8.26. The monoisotopic (exact) mass is 474 g/mol. The number of aryl methyl sites for hydroxylation is 1. The number of carbonyl (C=O) groups excluding carboxylic acids is 1. The molecular weight excluding hydrogens is 457 g/mol. The molecule has 3 heterocycles. The molecule has 4 rings (SSSR count). The molecule has 4 nitrogen and oxygen atoms in total. The van der Waals surface area contributed by atoms with Gasteiger partial charge in [-0.25, -0.2) is 0 Å². The summed E-state index contributed by atoms with van der Waals surface area (Å²) in [6.45, 7) is 0.506. The molecule has 9 heteroatoms. The van der Waals surface area contributed by atoms with Gasteiger partial charge < -0.3 is 4.42 Å². The van der Waals surface area contributed by atoms with Crippen LogP contribution in [0.2, 0.25) is 0 Å². The lowest BCUT2D eigenvalue weighted by Crippen LogP contribution is -2.29. The zero-order chi connectivity index (χ0) is 22.7. The van der Waals surface area contributed by atoms with Crippen molar-refractivity contribution in [2.24, 2.45) is 0 Å². The van der Waals surface area contributed by atoms with Crippen molar-refractivity contribution in [2.75, 3.05) is 6.54 Å². The summed E-state index contributed by atoms with van der Waals surface area (Å²) < 4.78 is 44.4. The number of pyridine rings is 1. The molecule has 32 heavy (non-hydrogen) atoms. The van der Waals surface area contributed by atoms with Gasteiger partial charge in [-0.2, -0.15) is 13.2 Å². The Morgan fingerprint density at radius 1 is 1.12 bits per heavy atom. The van der Waals surface area contributed by atoms with Gasteiger partial charge in [0, 0.05) is 30.6 Å². The van der Waals surface area contributed by atoms with Crippen LogP contribution in [0.15, 0.2) is 70.2 Å². The average molecular weight is 475 g/mol. The maximum atomic E-state index is 12.8. The standard InChI is InChI=1S/C23H17F3N2O2S2/c24-23(25,26)17-7-5-16(6-8-17)19-10-9-18(30-19)13-20-21(29)28(22(31)32-20)12-2-4-15-3-1-11-27-14-15/h1,3,5-11,13-14H,2,4,12H2/b20-13-. The summed E-state index contributed by atoms with van der Waals surface area (Å²) in [5, 5.41) is 0. The number of thiocarbonyl (C=S) groups is 1. The number of hydrogen-bond donors (Lipinski definition) is 0. The Morgan fingerprint density at radius 3 is 2.59 bits per heavy atom. The highest BCUT2D eigenvalue weighted by Gasteiger charge is 2.32. The van der Waals surface area contributed by atoms with E-state index in [0.29, 0.717) is 32.9 Å². The van der Waals surface area contributed by atoms with Gasteiger partial charge in [0.15, 0.2) is 0 Å². The zero-order valence-electron chi connectivity index (χ0n) is 16.6. The molecule has 1 saturated heterocycles. The molecule has 0 spiro atoms. The highest BCUT2D eigenvalue weighted by Crippen LogP contribution is 2.35. The van der Waals surface area contributed by atoms with Crippen molar-refractivity contribution >= 4 is 40.3 Å². The van der Waals surface area contributed by atoms with Crippen LogP contribution in [0, 0.1) is 0 Å². The second kappa shape index (κ2) is 9.30. The summed E-state index contributed by atoms with van der Waals surface area (Å²) in [6.07, 6.45) is 2.28. The van der Waals surface area contributed by atoms with Crippen LogP contribution in [0.5, 0.6) is 0 Å². The molecule has 0 N–H and O–H groups in total. The smallest absolute Gasteiger partial charge is 0.416 e. The van der Waals surface area contributed by atoms with Gasteiger partial charge in [0.25, 0.3) is 5.91 Å². The fourth-order valence-electron chi connectivity index (χ4n) is 3.22. The van der Waals surface area contributed by atoms with Gasteiger partial charge in [0.05, 0.1) is 10.5 Å². The predicted molar refractivity (Wildman–Crippen MR) is 122 cm³/mol. The molecule has 2 aromatic heterocycles. The summed E-state index contributed by atoms with van der Waals surface area (Å²) in [6, 6.07) is 11.9. The molecule has 0 bridgehead atoms. The molecule has 3 aromatic rings. The van der Waals surface area contributed by atoms with Gasteiger partial charge in [-0.15, -0.1) is 0 Å². The minimum Gasteiger partial charge on any atom is -0.457 e. The number of benzene rings is 1. The van der Waals surface area contributed by atoms with E-state index in [1.165, 1.54) is 23.9 Å². The number of hydrogen-bond acceptors (Lipinski definition) is 5. The lowest BCUT2D eigenvalue weighted by molar-refractivity contribution is -0.137. The topological polar surface area (TPSA) is 46.3 Å². The first kappa shape index (κ1) is 22.3. The Balaban J connectivity index is 1.41. The van der Waals surface area contributed by atoms with Crippen LogP contribution >= 0.6 is 24.0 Å². The summed E-state index contributed by atoms with van der Waals surface area (Å²) in [7, 11) is 0. The van der Waals surface area contributed by atoms with Crippen molar-refractivity contribution in [3.05, 3.63) is 82.7 Å². The van der Waals surface area contributed by atoms with E-state index in [4.69, 9.17) is 16.6 Å². The molecule has 1 fully saturated rings.